The van der Waals surface area contributed by atoms with Crippen LogP contribution >= 0.6 is 11.3 Å². The molecule has 11 rings (SSSR count). The van der Waals surface area contributed by atoms with E-state index in [1.807, 2.05) is 65.9 Å². The van der Waals surface area contributed by atoms with Crippen molar-refractivity contribution in [3.05, 3.63) is 188 Å². The largest absolute Gasteiger partial charge is 0.456 e. The van der Waals surface area contributed by atoms with Crippen LogP contribution in [-0.2, 0) is 0 Å². The van der Waals surface area contributed by atoms with Crippen molar-refractivity contribution in [2.45, 2.75) is 0 Å². The molecule has 56 heavy (non-hydrogen) atoms. The van der Waals surface area contributed by atoms with Crippen LogP contribution in [0.25, 0.3) is 110 Å². The molecule has 0 N–H and O–H groups in total. The summed E-state index contributed by atoms with van der Waals surface area (Å²) < 4.78 is 8.77. The maximum Gasteiger partial charge on any atom is 0.164 e. The first-order valence-electron chi connectivity index (χ1n) is 18.7. The second-order valence-corrected chi connectivity index (χ2v) is 15.1. The van der Waals surface area contributed by atoms with Crippen LogP contribution in [0.15, 0.2) is 192 Å². The monoisotopic (exact) mass is 733 g/mol. The van der Waals surface area contributed by atoms with Gasteiger partial charge in [-0.15, -0.1) is 11.3 Å². The van der Waals surface area contributed by atoms with Crippen molar-refractivity contribution in [3.8, 4) is 67.5 Å². The third-order valence-electron chi connectivity index (χ3n) is 10.5. The lowest BCUT2D eigenvalue weighted by Gasteiger charge is -2.10. The highest BCUT2D eigenvalue weighted by Crippen LogP contribution is 2.42. The van der Waals surface area contributed by atoms with E-state index in [1.54, 1.807) is 0 Å². The van der Waals surface area contributed by atoms with E-state index < -0.39 is 0 Å². The van der Waals surface area contributed by atoms with Crippen molar-refractivity contribution < 1.29 is 4.42 Å². The number of benzene rings is 8. The number of hydrogen-bond acceptors (Lipinski definition) is 5. The van der Waals surface area contributed by atoms with Gasteiger partial charge in [0.05, 0.1) is 0 Å². The van der Waals surface area contributed by atoms with Gasteiger partial charge in [0.25, 0.3) is 0 Å². The van der Waals surface area contributed by atoms with E-state index in [0.29, 0.717) is 17.5 Å². The van der Waals surface area contributed by atoms with Gasteiger partial charge in [0.1, 0.15) is 11.2 Å². The molecule has 0 atom stereocenters. The van der Waals surface area contributed by atoms with Gasteiger partial charge in [-0.05, 0) is 75.8 Å². The highest BCUT2D eigenvalue weighted by molar-refractivity contribution is 7.26. The Morgan fingerprint density at radius 2 is 0.857 bits per heavy atom. The fourth-order valence-corrected chi connectivity index (χ4v) is 8.97. The molecular weight excluding hydrogens is 703 g/mol. The molecule has 262 valence electrons. The summed E-state index contributed by atoms with van der Waals surface area (Å²) in [7, 11) is 0. The minimum absolute atomic E-state index is 0.596. The molecule has 11 aromatic rings. The maximum atomic E-state index is 6.25. The zero-order valence-electron chi connectivity index (χ0n) is 30.1. The van der Waals surface area contributed by atoms with Gasteiger partial charge in [-0.2, -0.15) is 0 Å². The smallest absolute Gasteiger partial charge is 0.164 e. The molecule has 0 aliphatic carbocycles. The molecule has 0 aliphatic heterocycles. The van der Waals surface area contributed by atoms with Crippen LogP contribution in [0.5, 0.6) is 0 Å². The number of aromatic nitrogens is 3. The molecule has 3 heterocycles. The van der Waals surface area contributed by atoms with Crippen molar-refractivity contribution in [3.63, 3.8) is 0 Å². The van der Waals surface area contributed by atoms with Crippen LogP contribution in [-0.4, -0.2) is 15.0 Å². The molecule has 0 aliphatic rings. The average Bonchev–Trinajstić information content (AvgIpc) is 3.85. The van der Waals surface area contributed by atoms with E-state index in [4.69, 9.17) is 19.4 Å². The summed E-state index contributed by atoms with van der Waals surface area (Å²) in [5.41, 5.74) is 11.5. The summed E-state index contributed by atoms with van der Waals surface area (Å²) in [5, 5.41) is 4.68. The molecule has 0 saturated heterocycles. The maximum absolute atomic E-state index is 6.25. The first-order chi connectivity index (χ1) is 27.7. The molecule has 3 aromatic heterocycles. The summed E-state index contributed by atoms with van der Waals surface area (Å²) >= 11 is 1.84. The van der Waals surface area contributed by atoms with E-state index in [9.17, 15) is 0 Å². The fraction of sp³-hybridized carbons (Fsp3) is 0. The summed E-state index contributed by atoms with van der Waals surface area (Å²) in [4.78, 5) is 15.1. The average molecular weight is 734 g/mol. The van der Waals surface area contributed by atoms with E-state index in [2.05, 4.69) is 133 Å². The summed E-state index contributed by atoms with van der Waals surface area (Å²) in [5.74, 6) is 1.84. The van der Waals surface area contributed by atoms with Gasteiger partial charge in [-0.1, -0.05) is 146 Å². The normalized spacial score (nSPS) is 11.6. The molecule has 8 aromatic carbocycles. The first kappa shape index (κ1) is 32.2. The predicted octanol–water partition coefficient (Wildman–Crippen LogP) is 14.1. The Morgan fingerprint density at radius 1 is 0.321 bits per heavy atom. The van der Waals surface area contributed by atoms with Crippen molar-refractivity contribution in [1.82, 2.24) is 15.0 Å². The summed E-state index contributed by atoms with van der Waals surface area (Å²) in [6, 6.07) is 65.9. The van der Waals surface area contributed by atoms with Crippen LogP contribution < -0.4 is 0 Å². The van der Waals surface area contributed by atoms with Gasteiger partial charge in [0.2, 0.25) is 0 Å². The quantitative estimate of drug-likeness (QED) is 0.171. The Labute approximate surface area is 327 Å². The van der Waals surface area contributed by atoms with Crippen molar-refractivity contribution in [2.75, 3.05) is 0 Å². The SMILES string of the molecule is c1ccc(-c2cccc(-c3ccc4sc5c(-c6cccc(-c7nc(-c8ccccc8)nc(-c8ccc9c(c8)oc8ccccc89)n7)c6)cccc5c4c3)c2)cc1. The van der Waals surface area contributed by atoms with Crippen molar-refractivity contribution in [1.29, 1.82) is 0 Å². The third kappa shape index (κ3) is 5.65. The lowest BCUT2D eigenvalue weighted by atomic mass is 9.97. The zero-order valence-corrected chi connectivity index (χ0v) is 30.9. The Bertz CT molecular complexity index is 3260. The van der Waals surface area contributed by atoms with Crippen LogP contribution in [0, 0.1) is 0 Å². The molecular formula is C51H31N3OS. The summed E-state index contributed by atoms with van der Waals surface area (Å²) in [6.07, 6.45) is 0. The Morgan fingerprint density at radius 3 is 1.66 bits per heavy atom. The van der Waals surface area contributed by atoms with E-state index in [-0.39, 0.29) is 0 Å². The number of thiophene rings is 1. The highest BCUT2D eigenvalue weighted by Gasteiger charge is 2.17. The molecule has 0 fully saturated rings. The predicted molar refractivity (Wildman–Crippen MR) is 233 cm³/mol. The first-order valence-corrected chi connectivity index (χ1v) is 19.5. The Kier molecular flexibility index (Phi) is 7.64. The van der Waals surface area contributed by atoms with Crippen LogP contribution in [0.2, 0.25) is 0 Å². The molecule has 0 bridgehead atoms. The van der Waals surface area contributed by atoms with E-state index >= 15 is 0 Å². The van der Waals surface area contributed by atoms with Crippen molar-refractivity contribution >= 4 is 53.4 Å². The second kappa shape index (κ2) is 13.3. The van der Waals surface area contributed by atoms with Gasteiger partial charge < -0.3 is 4.42 Å². The molecule has 4 nitrogen and oxygen atoms in total. The number of hydrogen-bond donors (Lipinski definition) is 0. The molecule has 5 heteroatoms. The van der Waals surface area contributed by atoms with Crippen LogP contribution in [0.4, 0.5) is 0 Å². The van der Waals surface area contributed by atoms with Crippen molar-refractivity contribution in [2.24, 2.45) is 0 Å². The minimum Gasteiger partial charge on any atom is -0.456 e. The number of nitrogens with zero attached hydrogens (tertiary/aromatic N) is 3. The van der Waals surface area contributed by atoms with Gasteiger partial charge in [-0.3, -0.25) is 0 Å². The zero-order chi connectivity index (χ0) is 37.0. The van der Waals surface area contributed by atoms with Crippen LogP contribution in [0.3, 0.4) is 0 Å². The number of rotatable bonds is 6. The summed E-state index contributed by atoms with van der Waals surface area (Å²) in [6.45, 7) is 0. The van der Waals surface area contributed by atoms with E-state index in [1.165, 1.54) is 48.0 Å². The highest BCUT2D eigenvalue weighted by atomic mass is 32.1. The second-order valence-electron chi connectivity index (χ2n) is 14.0. The number of para-hydroxylation sites is 1. The minimum atomic E-state index is 0.596. The third-order valence-corrected chi connectivity index (χ3v) is 11.8. The van der Waals surface area contributed by atoms with Crippen LogP contribution in [0.1, 0.15) is 0 Å². The molecule has 0 radical (unpaired) electrons. The lowest BCUT2D eigenvalue weighted by molar-refractivity contribution is 0.669. The molecule has 0 spiro atoms. The van der Waals surface area contributed by atoms with Gasteiger partial charge in [0.15, 0.2) is 17.5 Å². The van der Waals surface area contributed by atoms with E-state index in [0.717, 1.165) is 44.2 Å². The number of fused-ring (bicyclic) bond motifs is 6. The lowest BCUT2D eigenvalue weighted by Crippen LogP contribution is -2.00. The number of furan rings is 1. The Balaban J connectivity index is 1.00. The van der Waals surface area contributed by atoms with Gasteiger partial charge in [0, 0.05) is 47.6 Å². The molecule has 0 unspecified atom stereocenters. The van der Waals surface area contributed by atoms with Gasteiger partial charge in [-0.25, -0.2) is 15.0 Å². The standard InChI is InChI=1S/C51H31N3OS/c1-3-12-32(13-4-1)34-16-9-17-35(28-34)36-25-27-47-44(30-36)43-22-11-21-40(48(43)56-47)37-18-10-19-38(29-37)50-52-49(33-14-5-2-6-15-33)53-51(54-50)39-24-26-42-41-20-7-8-23-45(41)55-46(42)31-39/h1-31H. The molecule has 0 amide bonds. The fourth-order valence-electron chi connectivity index (χ4n) is 7.76. The molecule has 0 saturated carbocycles. The topological polar surface area (TPSA) is 51.8 Å². The van der Waals surface area contributed by atoms with Gasteiger partial charge >= 0.3 is 0 Å². The Hall–Kier alpha value is -7.21.